The lowest BCUT2D eigenvalue weighted by molar-refractivity contribution is 0.412. The van der Waals surface area contributed by atoms with E-state index in [2.05, 4.69) is 36.0 Å². The van der Waals surface area contributed by atoms with Gasteiger partial charge in [-0.2, -0.15) is 15.1 Å². The molecule has 0 aliphatic carbocycles. The van der Waals surface area contributed by atoms with E-state index in [9.17, 15) is 0 Å². The molecule has 0 atom stereocenters. The minimum atomic E-state index is 0.527. The van der Waals surface area contributed by atoms with Gasteiger partial charge >= 0.3 is 0 Å². The standard InChI is InChI=1S/C11H13N7O/c1-2-12-11-15-9(8-6-14-17-10(8)16-11)13-5-7-3-4-19-18-7/h3-4,6H,2,5H2,1H3,(H3,12,13,14,15,16,17). The molecule has 0 fully saturated rings. The Hall–Kier alpha value is -2.64. The number of anilines is 2. The van der Waals surface area contributed by atoms with Crippen LogP contribution >= 0.6 is 0 Å². The van der Waals surface area contributed by atoms with Crippen molar-refractivity contribution in [2.75, 3.05) is 17.2 Å². The summed E-state index contributed by atoms with van der Waals surface area (Å²) in [6.45, 7) is 3.27. The molecule has 0 saturated heterocycles. The molecule has 19 heavy (non-hydrogen) atoms. The van der Waals surface area contributed by atoms with E-state index in [0.717, 1.165) is 17.6 Å². The van der Waals surface area contributed by atoms with E-state index in [1.807, 2.05) is 6.92 Å². The minimum Gasteiger partial charge on any atom is -0.364 e. The predicted molar refractivity (Wildman–Crippen MR) is 69.7 cm³/mol. The normalized spacial score (nSPS) is 10.8. The number of fused-ring (bicyclic) bond motifs is 1. The van der Waals surface area contributed by atoms with Crippen LogP contribution in [0.2, 0.25) is 0 Å². The Bertz CT molecular complexity index is 661. The number of hydrogen-bond donors (Lipinski definition) is 3. The molecular formula is C11H13N7O. The second-order valence-electron chi connectivity index (χ2n) is 3.90. The fourth-order valence-electron chi connectivity index (χ4n) is 1.71. The fourth-order valence-corrected chi connectivity index (χ4v) is 1.71. The van der Waals surface area contributed by atoms with Gasteiger partial charge in [0.05, 0.1) is 18.1 Å². The lowest BCUT2D eigenvalue weighted by Crippen LogP contribution is -2.07. The van der Waals surface area contributed by atoms with Gasteiger partial charge in [0, 0.05) is 12.6 Å². The van der Waals surface area contributed by atoms with Crippen LogP contribution in [-0.2, 0) is 6.54 Å². The van der Waals surface area contributed by atoms with Crippen LogP contribution in [0, 0.1) is 0 Å². The molecule has 0 aromatic carbocycles. The topological polar surface area (TPSA) is 105 Å². The molecule has 0 unspecified atom stereocenters. The van der Waals surface area contributed by atoms with Crippen LogP contribution in [0.15, 0.2) is 23.0 Å². The van der Waals surface area contributed by atoms with Crippen LogP contribution < -0.4 is 10.6 Å². The van der Waals surface area contributed by atoms with Gasteiger partial charge in [0.25, 0.3) is 0 Å². The number of aromatic amines is 1. The Kier molecular flexibility index (Phi) is 2.97. The van der Waals surface area contributed by atoms with Crippen LogP contribution in [0.25, 0.3) is 11.0 Å². The number of H-pyrrole nitrogens is 1. The molecule has 0 aliphatic rings. The first-order chi connectivity index (χ1) is 9.36. The van der Waals surface area contributed by atoms with Crippen LogP contribution in [0.5, 0.6) is 0 Å². The summed E-state index contributed by atoms with van der Waals surface area (Å²) in [6, 6.07) is 1.80. The van der Waals surface area contributed by atoms with E-state index in [4.69, 9.17) is 4.52 Å². The average molecular weight is 259 g/mol. The van der Waals surface area contributed by atoms with Gasteiger partial charge in [-0.05, 0) is 6.92 Å². The Balaban J connectivity index is 1.89. The lowest BCUT2D eigenvalue weighted by atomic mass is 10.3. The van der Waals surface area contributed by atoms with Gasteiger partial charge < -0.3 is 15.2 Å². The first-order valence-electron chi connectivity index (χ1n) is 5.95. The number of hydrogen-bond acceptors (Lipinski definition) is 7. The van der Waals surface area contributed by atoms with Crippen molar-refractivity contribution in [1.82, 2.24) is 25.3 Å². The van der Waals surface area contributed by atoms with Gasteiger partial charge in [-0.3, -0.25) is 5.10 Å². The molecule has 8 nitrogen and oxygen atoms in total. The molecule has 0 radical (unpaired) electrons. The van der Waals surface area contributed by atoms with Gasteiger partial charge in [-0.1, -0.05) is 5.16 Å². The maximum absolute atomic E-state index is 4.78. The van der Waals surface area contributed by atoms with Gasteiger partial charge in [-0.15, -0.1) is 0 Å². The van der Waals surface area contributed by atoms with Gasteiger partial charge in [0.15, 0.2) is 5.65 Å². The smallest absolute Gasteiger partial charge is 0.226 e. The Morgan fingerprint density at radius 2 is 2.26 bits per heavy atom. The summed E-state index contributed by atoms with van der Waals surface area (Å²) < 4.78 is 4.78. The van der Waals surface area contributed by atoms with Crippen molar-refractivity contribution >= 4 is 22.8 Å². The zero-order chi connectivity index (χ0) is 13.1. The number of rotatable bonds is 5. The molecular weight excluding hydrogens is 246 g/mol. The van der Waals surface area contributed by atoms with Gasteiger partial charge in [-0.25, -0.2) is 0 Å². The van der Waals surface area contributed by atoms with Crippen molar-refractivity contribution in [3.05, 3.63) is 24.2 Å². The van der Waals surface area contributed by atoms with Crippen molar-refractivity contribution < 1.29 is 4.52 Å². The van der Waals surface area contributed by atoms with Crippen LogP contribution in [0.4, 0.5) is 11.8 Å². The predicted octanol–water partition coefficient (Wildman–Crippen LogP) is 1.38. The van der Waals surface area contributed by atoms with Crippen molar-refractivity contribution in [2.24, 2.45) is 0 Å². The van der Waals surface area contributed by atoms with Crippen LogP contribution in [0.1, 0.15) is 12.6 Å². The molecule has 0 bridgehead atoms. The molecule has 0 aliphatic heterocycles. The molecule has 8 heteroatoms. The quantitative estimate of drug-likeness (QED) is 0.635. The molecule has 3 aromatic heterocycles. The molecule has 0 saturated carbocycles. The largest absolute Gasteiger partial charge is 0.364 e. The number of aromatic nitrogens is 5. The number of nitrogens with zero attached hydrogens (tertiary/aromatic N) is 4. The third kappa shape index (κ3) is 2.32. The van der Waals surface area contributed by atoms with E-state index in [-0.39, 0.29) is 0 Å². The highest BCUT2D eigenvalue weighted by atomic mass is 16.5. The summed E-state index contributed by atoms with van der Waals surface area (Å²) >= 11 is 0. The van der Waals surface area contributed by atoms with Crippen molar-refractivity contribution in [1.29, 1.82) is 0 Å². The van der Waals surface area contributed by atoms with Crippen molar-refractivity contribution in [3.8, 4) is 0 Å². The monoisotopic (exact) mass is 259 g/mol. The summed E-state index contributed by atoms with van der Waals surface area (Å²) in [5, 5.41) is 17.8. The third-order valence-electron chi connectivity index (χ3n) is 2.57. The van der Waals surface area contributed by atoms with E-state index < -0.39 is 0 Å². The Morgan fingerprint density at radius 3 is 3.05 bits per heavy atom. The minimum absolute atomic E-state index is 0.527. The summed E-state index contributed by atoms with van der Waals surface area (Å²) in [4.78, 5) is 8.73. The molecule has 3 aromatic rings. The summed E-state index contributed by atoms with van der Waals surface area (Å²) in [5.74, 6) is 1.26. The molecule has 3 N–H and O–H groups in total. The van der Waals surface area contributed by atoms with E-state index >= 15 is 0 Å². The second kappa shape index (κ2) is 4.92. The molecule has 3 heterocycles. The summed E-state index contributed by atoms with van der Waals surface area (Å²) in [6.07, 6.45) is 3.23. The average Bonchev–Trinajstić information content (AvgIpc) is 3.07. The summed E-state index contributed by atoms with van der Waals surface area (Å²) in [7, 11) is 0. The first kappa shape index (κ1) is 11.5. The second-order valence-corrected chi connectivity index (χ2v) is 3.90. The van der Waals surface area contributed by atoms with Gasteiger partial charge in [0.1, 0.15) is 17.8 Å². The third-order valence-corrected chi connectivity index (χ3v) is 2.57. The van der Waals surface area contributed by atoms with Crippen molar-refractivity contribution in [2.45, 2.75) is 13.5 Å². The number of nitrogens with one attached hydrogen (secondary N) is 3. The zero-order valence-electron chi connectivity index (χ0n) is 10.3. The van der Waals surface area contributed by atoms with E-state index in [1.165, 1.54) is 6.26 Å². The highest BCUT2D eigenvalue weighted by molar-refractivity contribution is 5.86. The van der Waals surface area contributed by atoms with Crippen LogP contribution in [-0.4, -0.2) is 31.9 Å². The Morgan fingerprint density at radius 1 is 1.32 bits per heavy atom. The lowest BCUT2D eigenvalue weighted by Gasteiger charge is -2.07. The fraction of sp³-hybridized carbons (Fsp3) is 0.273. The highest BCUT2D eigenvalue weighted by Gasteiger charge is 2.09. The van der Waals surface area contributed by atoms with E-state index in [0.29, 0.717) is 24.0 Å². The van der Waals surface area contributed by atoms with Crippen molar-refractivity contribution in [3.63, 3.8) is 0 Å². The maximum atomic E-state index is 4.78. The first-order valence-corrected chi connectivity index (χ1v) is 5.95. The highest BCUT2D eigenvalue weighted by Crippen LogP contribution is 2.20. The van der Waals surface area contributed by atoms with Crippen LogP contribution in [0.3, 0.4) is 0 Å². The molecule has 0 spiro atoms. The summed E-state index contributed by atoms with van der Waals surface area (Å²) in [5.41, 5.74) is 1.49. The molecule has 98 valence electrons. The zero-order valence-corrected chi connectivity index (χ0v) is 10.3. The molecule has 3 rings (SSSR count). The Labute approximate surface area is 108 Å². The van der Waals surface area contributed by atoms with E-state index in [1.54, 1.807) is 12.3 Å². The van der Waals surface area contributed by atoms with Gasteiger partial charge in [0.2, 0.25) is 5.95 Å². The molecule has 0 amide bonds. The maximum Gasteiger partial charge on any atom is 0.226 e. The SMILES string of the molecule is CCNc1nc(NCc2ccon2)c2cn[nH]c2n1.